The monoisotopic (exact) mass is 348 g/mol. The van der Waals surface area contributed by atoms with E-state index in [9.17, 15) is 0 Å². The van der Waals surface area contributed by atoms with Crippen LogP contribution in [0.3, 0.4) is 0 Å². The van der Waals surface area contributed by atoms with E-state index in [2.05, 4.69) is 63.5 Å². The van der Waals surface area contributed by atoms with Gasteiger partial charge in [-0.05, 0) is 49.2 Å². The van der Waals surface area contributed by atoms with Gasteiger partial charge >= 0.3 is 0 Å². The Kier molecular flexibility index (Phi) is 6.21. The summed E-state index contributed by atoms with van der Waals surface area (Å²) < 4.78 is 6.64. The maximum Gasteiger partial charge on any atom is 0.137 e. The molecule has 4 heteroatoms. The molecule has 3 nitrogen and oxygen atoms in total. The fourth-order valence-corrected chi connectivity index (χ4v) is 2.48. The Labute approximate surface area is 134 Å². The van der Waals surface area contributed by atoms with Gasteiger partial charge in [-0.1, -0.05) is 35.0 Å². The van der Waals surface area contributed by atoms with Crippen molar-refractivity contribution in [1.82, 2.24) is 10.3 Å². The SMILES string of the molecule is CCCNC(c1ccc(Br)cc1)c1cncc(OCC)c1. The lowest BCUT2D eigenvalue weighted by atomic mass is 10.00. The van der Waals surface area contributed by atoms with E-state index in [1.165, 1.54) is 5.56 Å². The van der Waals surface area contributed by atoms with Crippen LogP contribution in [0.4, 0.5) is 0 Å². The van der Waals surface area contributed by atoms with Gasteiger partial charge in [0.15, 0.2) is 0 Å². The Balaban J connectivity index is 2.30. The summed E-state index contributed by atoms with van der Waals surface area (Å²) >= 11 is 3.48. The van der Waals surface area contributed by atoms with Crippen molar-refractivity contribution < 1.29 is 4.74 Å². The van der Waals surface area contributed by atoms with Crippen molar-refractivity contribution in [3.63, 3.8) is 0 Å². The van der Waals surface area contributed by atoms with E-state index in [1.807, 2.05) is 13.1 Å². The molecule has 2 aromatic rings. The second-order valence-corrected chi connectivity index (χ2v) is 5.74. The molecule has 0 fully saturated rings. The molecule has 0 bridgehead atoms. The molecular weight excluding hydrogens is 328 g/mol. The van der Waals surface area contributed by atoms with Gasteiger partial charge in [0, 0.05) is 10.7 Å². The molecule has 0 saturated heterocycles. The van der Waals surface area contributed by atoms with E-state index in [1.54, 1.807) is 6.20 Å². The number of hydrogen-bond donors (Lipinski definition) is 1. The van der Waals surface area contributed by atoms with E-state index >= 15 is 0 Å². The van der Waals surface area contributed by atoms with Crippen LogP contribution in [0.15, 0.2) is 47.2 Å². The minimum absolute atomic E-state index is 0.131. The highest BCUT2D eigenvalue weighted by Crippen LogP contribution is 2.25. The van der Waals surface area contributed by atoms with Gasteiger partial charge in [0.25, 0.3) is 0 Å². The standard InChI is InChI=1S/C17H21BrN2O/c1-3-9-20-17(13-5-7-15(18)8-6-13)14-10-16(21-4-2)12-19-11-14/h5-8,10-12,17,20H,3-4,9H2,1-2H3. The van der Waals surface area contributed by atoms with Crippen molar-refractivity contribution in [2.24, 2.45) is 0 Å². The number of nitrogens with one attached hydrogen (secondary N) is 1. The van der Waals surface area contributed by atoms with Crippen LogP contribution in [0.5, 0.6) is 5.75 Å². The van der Waals surface area contributed by atoms with Crippen LogP contribution in [0, 0.1) is 0 Å². The summed E-state index contributed by atoms with van der Waals surface area (Å²) in [5.41, 5.74) is 2.35. The quantitative estimate of drug-likeness (QED) is 0.808. The zero-order valence-electron chi connectivity index (χ0n) is 12.5. The molecule has 0 aliphatic heterocycles. The lowest BCUT2D eigenvalue weighted by molar-refractivity contribution is 0.338. The van der Waals surface area contributed by atoms with E-state index < -0.39 is 0 Å². The highest BCUT2D eigenvalue weighted by molar-refractivity contribution is 9.10. The fraction of sp³-hybridized carbons (Fsp3) is 0.353. The summed E-state index contributed by atoms with van der Waals surface area (Å²) in [6, 6.07) is 10.6. The molecule has 0 radical (unpaired) electrons. The van der Waals surface area contributed by atoms with Gasteiger partial charge < -0.3 is 10.1 Å². The Hall–Kier alpha value is -1.39. The molecule has 1 N–H and O–H groups in total. The molecule has 112 valence electrons. The normalized spacial score (nSPS) is 12.1. The van der Waals surface area contributed by atoms with Crippen molar-refractivity contribution in [3.8, 4) is 5.75 Å². The first-order valence-electron chi connectivity index (χ1n) is 7.31. The van der Waals surface area contributed by atoms with Crippen LogP contribution in [-0.4, -0.2) is 18.1 Å². The maximum absolute atomic E-state index is 5.56. The molecule has 0 aliphatic rings. The van der Waals surface area contributed by atoms with Gasteiger partial charge in [-0.2, -0.15) is 0 Å². The van der Waals surface area contributed by atoms with Crippen LogP contribution in [-0.2, 0) is 0 Å². The molecule has 21 heavy (non-hydrogen) atoms. The number of benzene rings is 1. The molecule has 1 atom stereocenters. The molecule has 0 saturated carbocycles. The molecule has 0 spiro atoms. The Morgan fingerprint density at radius 1 is 1.14 bits per heavy atom. The highest BCUT2D eigenvalue weighted by atomic mass is 79.9. The largest absolute Gasteiger partial charge is 0.492 e. The van der Waals surface area contributed by atoms with Gasteiger partial charge in [0.1, 0.15) is 5.75 Å². The van der Waals surface area contributed by atoms with E-state index in [0.717, 1.165) is 28.8 Å². The van der Waals surface area contributed by atoms with Crippen LogP contribution in [0.1, 0.15) is 37.4 Å². The first-order chi connectivity index (χ1) is 10.2. The Bertz CT molecular complexity index is 557. The second kappa shape index (κ2) is 8.15. The lowest BCUT2D eigenvalue weighted by Crippen LogP contribution is -2.23. The molecular formula is C17H21BrN2O. The summed E-state index contributed by atoms with van der Waals surface area (Å²) in [5, 5.41) is 3.58. The number of nitrogens with zero attached hydrogens (tertiary/aromatic N) is 1. The van der Waals surface area contributed by atoms with Crippen molar-refractivity contribution in [3.05, 3.63) is 58.3 Å². The van der Waals surface area contributed by atoms with Gasteiger partial charge in [-0.3, -0.25) is 4.98 Å². The van der Waals surface area contributed by atoms with Crippen molar-refractivity contribution in [2.75, 3.05) is 13.2 Å². The van der Waals surface area contributed by atoms with E-state index in [-0.39, 0.29) is 6.04 Å². The zero-order chi connectivity index (χ0) is 15.1. The van der Waals surface area contributed by atoms with Crippen molar-refractivity contribution in [1.29, 1.82) is 0 Å². The zero-order valence-corrected chi connectivity index (χ0v) is 14.1. The number of pyridine rings is 1. The first-order valence-corrected chi connectivity index (χ1v) is 8.10. The number of hydrogen-bond acceptors (Lipinski definition) is 3. The third-order valence-corrected chi connectivity index (χ3v) is 3.71. The molecule has 0 amide bonds. The van der Waals surface area contributed by atoms with Gasteiger partial charge in [0.2, 0.25) is 0 Å². The molecule has 1 unspecified atom stereocenters. The number of halogens is 1. The molecule has 1 heterocycles. The van der Waals surface area contributed by atoms with Crippen LogP contribution in [0.2, 0.25) is 0 Å². The van der Waals surface area contributed by atoms with Gasteiger partial charge in [0.05, 0.1) is 18.8 Å². The molecule has 0 aliphatic carbocycles. The highest BCUT2D eigenvalue weighted by Gasteiger charge is 2.14. The Morgan fingerprint density at radius 3 is 2.57 bits per heavy atom. The van der Waals surface area contributed by atoms with E-state index in [0.29, 0.717) is 6.61 Å². The predicted octanol–water partition coefficient (Wildman–Crippen LogP) is 4.33. The Morgan fingerprint density at radius 2 is 1.90 bits per heavy atom. The third-order valence-electron chi connectivity index (χ3n) is 3.18. The van der Waals surface area contributed by atoms with Crippen LogP contribution >= 0.6 is 15.9 Å². The first kappa shape index (κ1) is 16.0. The average Bonchev–Trinajstić information content (AvgIpc) is 2.50. The lowest BCUT2D eigenvalue weighted by Gasteiger charge is -2.20. The topological polar surface area (TPSA) is 34.2 Å². The molecule has 1 aromatic carbocycles. The summed E-state index contributed by atoms with van der Waals surface area (Å²) in [4.78, 5) is 4.30. The summed E-state index contributed by atoms with van der Waals surface area (Å²) in [6.07, 6.45) is 4.75. The molecule has 1 aromatic heterocycles. The van der Waals surface area contributed by atoms with E-state index in [4.69, 9.17) is 4.74 Å². The average molecular weight is 349 g/mol. The summed E-state index contributed by atoms with van der Waals surface area (Å²) in [5.74, 6) is 0.815. The van der Waals surface area contributed by atoms with Crippen molar-refractivity contribution >= 4 is 15.9 Å². The number of aromatic nitrogens is 1. The number of ether oxygens (including phenoxy) is 1. The third kappa shape index (κ3) is 4.55. The van der Waals surface area contributed by atoms with Crippen LogP contribution < -0.4 is 10.1 Å². The van der Waals surface area contributed by atoms with Gasteiger partial charge in [-0.25, -0.2) is 0 Å². The predicted molar refractivity (Wildman–Crippen MR) is 89.7 cm³/mol. The van der Waals surface area contributed by atoms with Crippen LogP contribution in [0.25, 0.3) is 0 Å². The van der Waals surface area contributed by atoms with Crippen molar-refractivity contribution in [2.45, 2.75) is 26.3 Å². The summed E-state index contributed by atoms with van der Waals surface area (Å²) in [6.45, 7) is 5.75. The summed E-state index contributed by atoms with van der Waals surface area (Å²) in [7, 11) is 0. The smallest absolute Gasteiger partial charge is 0.137 e. The van der Waals surface area contributed by atoms with Gasteiger partial charge in [-0.15, -0.1) is 0 Å². The second-order valence-electron chi connectivity index (χ2n) is 4.83. The maximum atomic E-state index is 5.56. The molecule has 2 rings (SSSR count). The minimum Gasteiger partial charge on any atom is -0.492 e. The number of rotatable bonds is 7. The fourth-order valence-electron chi connectivity index (χ4n) is 2.21. The minimum atomic E-state index is 0.131.